The minimum absolute atomic E-state index is 0.766. The van der Waals surface area contributed by atoms with E-state index in [0.29, 0.717) is 0 Å². The van der Waals surface area contributed by atoms with Gasteiger partial charge < -0.3 is 4.74 Å². The molecule has 0 unspecified atom stereocenters. The van der Waals surface area contributed by atoms with Crippen molar-refractivity contribution in [2.75, 3.05) is 7.11 Å². The smallest absolute Gasteiger partial charge is 0.159 e. The first kappa shape index (κ1) is 10.7. The van der Waals surface area contributed by atoms with Gasteiger partial charge in [0.15, 0.2) is 5.65 Å². The van der Waals surface area contributed by atoms with Gasteiger partial charge in [0.2, 0.25) is 0 Å². The van der Waals surface area contributed by atoms with Crippen molar-refractivity contribution in [3.05, 3.63) is 42.5 Å². The quantitative estimate of drug-likeness (QED) is 0.688. The first-order valence-electron chi connectivity index (χ1n) is 5.58. The van der Waals surface area contributed by atoms with E-state index >= 15 is 0 Å². The Kier molecular flexibility index (Phi) is 2.44. The van der Waals surface area contributed by atoms with E-state index in [2.05, 4.69) is 15.2 Å². The summed E-state index contributed by atoms with van der Waals surface area (Å²) >= 11 is 0. The second-order valence-electron chi connectivity index (χ2n) is 4.07. The predicted octanol–water partition coefficient (Wildman–Crippen LogP) is 2.11. The van der Waals surface area contributed by atoms with E-state index in [4.69, 9.17) is 4.74 Å². The summed E-state index contributed by atoms with van der Waals surface area (Å²) in [6.45, 7) is 2.03. The van der Waals surface area contributed by atoms with Gasteiger partial charge in [-0.2, -0.15) is 5.10 Å². The summed E-state index contributed by atoms with van der Waals surface area (Å²) in [6.07, 6.45) is 5.17. The van der Waals surface area contributed by atoms with Gasteiger partial charge in [-0.3, -0.25) is 4.40 Å². The van der Waals surface area contributed by atoms with Crippen molar-refractivity contribution >= 4 is 5.65 Å². The molecule has 18 heavy (non-hydrogen) atoms. The highest BCUT2D eigenvalue weighted by molar-refractivity contribution is 5.69. The van der Waals surface area contributed by atoms with Gasteiger partial charge >= 0.3 is 0 Å². The first-order chi connectivity index (χ1) is 8.78. The molecule has 0 fully saturated rings. The summed E-state index contributed by atoms with van der Waals surface area (Å²) in [5.41, 5.74) is 3.73. The van der Waals surface area contributed by atoms with Crippen LogP contribution in [0.15, 0.2) is 36.9 Å². The monoisotopic (exact) mass is 240 g/mol. The molecule has 5 nitrogen and oxygen atoms in total. The molecule has 0 bridgehead atoms. The van der Waals surface area contributed by atoms with E-state index in [9.17, 15) is 0 Å². The van der Waals surface area contributed by atoms with Gasteiger partial charge in [-0.1, -0.05) is 6.07 Å². The molecule has 0 aliphatic heterocycles. The van der Waals surface area contributed by atoms with Gasteiger partial charge in [-0.05, 0) is 24.6 Å². The number of hydrogen-bond donors (Lipinski definition) is 0. The molecule has 0 atom stereocenters. The van der Waals surface area contributed by atoms with Crippen LogP contribution in [0.3, 0.4) is 0 Å². The topological polar surface area (TPSA) is 52.3 Å². The lowest BCUT2D eigenvalue weighted by atomic mass is 10.1. The molecule has 1 aromatic carbocycles. The summed E-state index contributed by atoms with van der Waals surface area (Å²) in [5, 5.41) is 7.63. The highest BCUT2D eigenvalue weighted by Crippen LogP contribution is 2.29. The molecule has 0 saturated heterocycles. The van der Waals surface area contributed by atoms with Crippen LogP contribution in [0.25, 0.3) is 16.9 Å². The average Bonchev–Trinajstić information content (AvgIpc) is 2.82. The largest absolute Gasteiger partial charge is 0.496 e. The molecule has 3 aromatic rings. The van der Waals surface area contributed by atoms with Gasteiger partial charge in [-0.25, -0.2) is 4.98 Å². The van der Waals surface area contributed by atoms with Gasteiger partial charge in [0, 0.05) is 11.8 Å². The molecule has 0 saturated carbocycles. The Morgan fingerprint density at radius 2 is 2.11 bits per heavy atom. The lowest BCUT2D eigenvalue weighted by Crippen LogP contribution is -1.88. The zero-order valence-electron chi connectivity index (χ0n) is 10.2. The summed E-state index contributed by atoms with van der Waals surface area (Å²) < 4.78 is 7.23. The first-order valence-corrected chi connectivity index (χ1v) is 5.58. The summed E-state index contributed by atoms with van der Waals surface area (Å²) in [5.74, 6) is 0.819. The number of hydrogen-bond acceptors (Lipinski definition) is 4. The van der Waals surface area contributed by atoms with E-state index in [1.807, 2.05) is 35.7 Å². The molecular formula is C13H12N4O. The Hall–Kier alpha value is -2.43. The molecule has 0 aliphatic rings. The van der Waals surface area contributed by atoms with Crippen LogP contribution in [0.5, 0.6) is 5.75 Å². The van der Waals surface area contributed by atoms with Crippen molar-refractivity contribution < 1.29 is 4.74 Å². The Morgan fingerprint density at radius 1 is 1.22 bits per heavy atom. The van der Waals surface area contributed by atoms with Gasteiger partial charge in [0.05, 0.1) is 19.0 Å². The maximum atomic E-state index is 5.40. The maximum absolute atomic E-state index is 5.40. The van der Waals surface area contributed by atoms with Crippen molar-refractivity contribution in [2.24, 2.45) is 0 Å². The lowest BCUT2D eigenvalue weighted by Gasteiger charge is -2.06. The van der Waals surface area contributed by atoms with Crippen LogP contribution in [-0.2, 0) is 0 Å². The number of benzene rings is 1. The predicted molar refractivity (Wildman–Crippen MR) is 67.5 cm³/mol. The van der Waals surface area contributed by atoms with Crippen molar-refractivity contribution in [3.63, 3.8) is 0 Å². The maximum Gasteiger partial charge on any atom is 0.159 e. The Bertz CT molecular complexity index is 672. The molecule has 0 aliphatic carbocycles. The molecule has 5 heteroatoms. The van der Waals surface area contributed by atoms with E-state index < -0.39 is 0 Å². The molecular weight excluding hydrogens is 228 g/mol. The van der Waals surface area contributed by atoms with Crippen LogP contribution in [0, 0.1) is 6.92 Å². The summed E-state index contributed by atoms with van der Waals surface area (Å²) in [7, 11) is 1.66. The Labute approximate surface area is 104 Å². The van der Waals surface area contributed by atoms with Gasteiger partial charge in [0.25, 0.3) is 0 Å². The minimum atomic E-state index is 0.766. The average molecular weight is 240 g/mol. The van der Waals surface area contributed by atoms with E-state index in [1.165, 1.54) is 0 Å². The van der Waals surface area contributed by atoms with Crippen LogP contribution in [0.2, 0.25) is 0 Å². The van der Waals surface area contributed by atoms with Gasteiger partial charge in [0.1, 0.15) is 12.1 Å². The van der Waals surface area contributed by atoms with Crippen molar-refractivity contribution in [2.45, 2.75) is 6.92 Å². The number of nitrogens with zero attached hydrogens (tertiary/aromatic N) is 4. The number of fused-ring (bicyclic) bond motifs is 1. The summed E-state index contributed by atoms with van der Waals surface area (Å²) in [6, 6.07) is 6.05. The number of rotatable bonds is 2. The van der Waals surface area contributed by atoms with Crippen LogP contribution < -0.4 is 4.74 Å². The van der Waals surface area contributed by atoms with E-state index in [-0.39, 0.29) is 0 Å². The molecule has 0 amide bonds. The fraction of sp³-hybridized carbons (Fsp3) is 0.154. The molecule has 0 N–H and O–H groups in total. The zero-order valence-corrected chi connectivity index (χ0v) is 10.2. The van der Waals surface area contributed by atoms with Crippen LogP contribution >= 0.6 is 0 Å². The van der Waals surface area contributed by atoms with E-state index in [0.717, 1.165) is 28.2 Å². The molecule has 90 valence electrons. The lowest BCUT2D eigenvalue weighted by molar-refractivity contribution is 0.416. The number of imidazole rings is 1. The second-order valence-corrected chi connectivity index (χ2v) is 4.07. The van der Waals surface area contributed by atoms with Crippen molar-refractivity contribution in [1.29, 1.82) is 0 Å². The zero-order chi connectivity index (χ0) is 12.5. The third-order valence-electron chi connectivity index (χ3n) is 2.81. The highest BCUT2D eigenvalue weighted by Gasteiger charge is 2.10. The van der Waals surface area contributed by atoms with Gasteiger partial charge in [-0.15, -0.1) is 5.10 Å². The van der Waals surface area contributed by atoms with E-state index in [1.54, 1.807) is 19.6 Å². The normalized spacial score (nSPS) is 10.8. The number of aryl methyl sites for hydroxylation is 1. The molecule has 0 radical (unpaired) electrons. The third kappa shape index (κ3) is 1.69. The molecule has 2 aromatic heterocycles. The van der Waals surface area contributed by atoms with Crippen molar-refractivity contribution in [1.82, 2.24) is 19.6 Å². The molecule has 3 rings (SSSR count). The van der Waals surface area contributed by atoms with Crippen molar-refractivity contribution in [3.8, 4) is 17.0 Å². The molecule has 0 spiro atoms. The van der Waals surface area contributed by atoms with Crippen LogP contribution in [-0.4, -0.2) is 26.7 Å². The third-order valence-corrected chi connectivity index (χ3v) is 2.81. The Balaban J connectivity index is 2.19. The van der Waals surface area contributed by atoms with Crippen LogP contribution in [0.1, 0.15) is 5.56 Å². The fourth-order valence-electron chi connectivity index (χ4n) is 1.91. The number of aromatic nitrogens is 4. The number of methoxy groups -OCH3 is 1. The fourth-order valence-corrected chi connectivity index (χ4v) is 1.91. The van der Waals surface area contributed by atoms with Crippen LogP contribution in [0.4, 0.5) is 0 Å². The molecule has 2 heterocycles. The SMILES string of the molecule is COc1cc(C)ccc1-c1cn2cnncc2n1. The summed E-state index contributed by atoms with van der Waals surface area (Å²) in [4.78, 5) is 4.50. The minimum Gasteiger partial charge on any atom is -0.496 e. The number of ether oxygens (including phenoxy) is 1. The standard InChI is InChI=1S/C13H12N4O/c1-9-3-4-10(12(5-9)18-2)11-7-17-8-15-14-6-13(17)16-11/h3-8H,1-2H3. The Morgan fingerprint density at radius 3 is 2.89 bits per heavy atom. The highest BCUT2D eigenvalue weighted by atomic mass is 16.5. The second kappa shape index (κ2) is 4.10.